The molecule has 1 aromatic heterocycles. The van der Waals surface area contributed by atoms with Gasteiger partial charge in [-0.1, -0.05) is 41.5 Å². The van der Waals surface area contributed by atoms with E-state index in [0.29, 0.717) is 0 Å². The van der Waals surface area contributed by atoms with Crippen molar-refractivity contribution < 1.29 is 4.74 Å². The molecule has 3 aromatic rings. The number of rotatable bonds is 4. The Morgan fingerprint density at radius 1 is 0.963 bits per heavy atom. The predicted molar refractivity (Wildman–Crippen MR) is 110 cm³/mol. The molecule has 1 unspecified atom stereocenters. The van der Waals surface area contributed by atoms with Gasteiger partial charge in [-0.15, -0.1) is 0 Å². The van der Waals surface area contributed by atoms with Crippen LogP contribution in [0, 0.1) is 13.8 Å². The van der Waals surface area contributed by atoms with Crippen molar-refractivity contribution in [2.24, 2.45) is 0 Å². The molecule has 1 aliphatic heterocycles. The molecule has 0 saturated heterocycles. The van der Waals surface area contributed by atoms with Gasteiger partial charge in [0.2, 0.25) is 0 Å². The van der Waals surface area contributed by atoms with E-state index in [2.05, 4.69) is 84.1 Å². The highest BCUT2D eigenvalue weighted by Gasteiger charge is 2.27. The van der Waals surface area contributed by atoms with Crippen LogP contribution in [-0.4, -0.2) is 23.1 Å². The number of hydrogen-bond donors (Lipinski definition) is 0. The molecule has 4 rings (SSSR count). The van der Waals surface area contributed by atoms with Gasteiger partial charge in [0, 0.05) is 31.5 Å². The highest BCUT2D eigenvalue weighted by atomic mass is 16.5. The van der Waals surface area contributed by atoms with E-state index in [9.17, 15) is 0 Å². The van der Waals surface area contributed by atoms with Crippen LogP contribution in [0.15, 0.2) is 60.8 Å². The highest BCUT2D eigenvalue weighted by Crippen LogP contribution is 2.34. The van der Waals surface area contributed by atoms with E-state index in [1.807, 2.05) is 0 Å². The van der Waals surface area contributed by atoms with E-state index in [0.717, 1.165) is 25.4 Å². The lowest BCUT2D eigenvalue weighted by Crippen LogP contribution is -2.29. The number of nitrogens with zero attached hydrogens (tertiary/aromatic N) is 2. The highest BCUT2D eigenvalue weighted by molar-refractivity contribution is 5.35. The van der Waals surface area contributed by atoms with E-state index < -0.39 is 0 Å². The van der Waals surface area contributed by atoms with Gasteiger partial charge in [-0.25, -0.2) is 0 Å². The van der Waals surface area contributed by atoms with Crippen molar-refractivity contribution in [3.05, 3.63) is 88.7 Å². The smallest absolute Gasteiger partial charge is 0.118 e. The van der Waals surface area contributed by atoms with Crippen molar-refractivity contribution in [2.45, 2.75) is 39.4 Å². The lowest BCUT2D eigenvalue weighted by Gasteiger charge is -2.31. The average molecular weight is 361 g/mol. The molecule has 1 aliphatic rings. The van der Waals surface area contributed by atoms with Crippen molar-refractivity contribution in [3.8, 4) is 5.75 Å². The van der Waals surface area contributed by atoms with Gasteiger partial charge in [-0.3, -0.25) is 4.90 Å². The molecular formula is C24H28N2O. The van der Waals surface area contributed by atoms with Crippen molar-refractivity contribution in [2.75, 3.05) is 13.7 Å². The third-order valence-electron chi connectivity index (χ3n) is 5.45. The van der Waals surface area contributed by atoms with Crippen molar-refractivity contribution in [1.82, 2.24) is 9.47 Å². The van der Waals surface area contributed by atoms with Crippen LogP contribution in [0.25, 0.3) is 0 Å². The fourth-order valence-electron chi connectivity index (χ4n) is 4.37. The maximum atomic E-state index is 5.37. The molecule has 0 fully saturated rings. The molecule has 2 aromatic carbocycles. The molecule has 0 amide bonds. The summed E-state index contributed by atoms with van der Waals surface area (Å²) in [5, 5.41) is 0. The fraction of sp³-hybridized carbons (Fsp3) is 0.333. The zero-order valence-electron chi connectivity index (χ0n) is 16.5. The van der Waals surface area contributed by atoms with E-state index >= 15 is 0 Å². The molecule has 0 spiro atoms. The summed E-state index contributed by atoms with van der Waals surface area (Å²) < 4.78 is 7.78. The van der Waals surface area contributed by atoms with Gasteiger partial charge >= 0.3 is 0 Å². The Balaban J connectivity index is 1.73. The Bertz CT molecular complexity index is 890. The maximum Gasteiger partial charge on any atom is 0.118 e. The number of benzene rings is 2. The van der Waals surface area contributed by atoms with Gasteiger partial charge in [0.05, 0.1) is 13.2 Å². The van der Waals surface area contributed by atoms with Crippen LogP contribution in [0.2, 0.25) is 0 Å². The molecule has 0 aliphatic carbocycles. The van der Waals surface area contributed by atoms with Crippen LogP contribution in [0.5, 0.6) is 5.75 Å². The number of aryl methyl sites for hydroxylation is 3. The molecule has 140 valence electrons. The number of aromatic nitrogens is 1. The van der Waals surface area contributed by atoms with Crippen molar-refractivity contribution >= 4 is 0 Å². The van der Waals surface area contributed by atoms with Gasteiger partial charge in [0.15, 0.2) is 0 Å². The monoisotopic (exact) mass is 360 g/mol. The summed E-state index contributed by atoms with van der Waals surface area (Å²) in [6.45, 7) is 7.50. The normalized spacial score (nSPS) is 17.4. The summed E-state index contributed by atoms with van der Waals surface area (Å²) in [5.74, 6) is 0.906. The summed E-state index contributed by atoms with van der Waals surface area (Å²) in [6, 6.07) is 20.2. The zero-order valence-corrected chi connectivity index (χ0v) is 16.5. The van der Waals surface area contributed by atoms with Crippen LogP contribution < -0.4 is 4.74 Å². The van der Waals surface area contributed by atoms with E-state index in [-0.39, 0.29) is 6.04 Å². The molecule has 27 heavy (non-hydrogen) atoms. The minimum absolute atomic E-state index is 0.259. The van der Waals surface area contributed by atoms with Gasteiger partial charge in [0.25, 0.3) is 0 Å². The van der Waals surface area contributed by atoms with Crippen molar-refractivity contribution in [1.29, 1.82) is 0 Å². The Labute approximate surface area is 162 Å². The first kappa shape index (κ1) is 17.9. The Morgan fingerprint density at radius 2 is 1.70 bits per heavy atom. The van der Waals surface area contributed by atoms with Gasteiger partial charge in [-0.05, 0) is 55.7 Å². The van der Waals surface area contributed by atoms with E-state index in [1.165, 1.54) is 34.4 Å². The van der Waals surface area contributed by atoms with Crippen LogP contribution >= 0.6 is 0 Å². The molecule has 0 bridgehead atoms. The van der Waals surface area contributed by atoms with Crippen LogP contribution in [0.3, 0.4) is 0 Å². The number of methoxy groups -OCH3 is 1. The second-order valence-electron chi connectivity index (χ2n) is 7.62. The second-order valence-corrected chi connectivity index (χ2v) is 7.62. The fourth-order valence-corrected chi connectivity index (χ4v) is 4.37. The second kappa shape index (κ2) is 7.61. The van der Waals surface area contributed by atoms with E-state index in [1.54, 1.807) is 7.11 Å². The third-order valence-corrected chi connectivity index (χ3v) is 5.45. The summed E-state index contributed by atoms with van der Waals surface area (Å²) in [6.07, 6.45) is 3.38. The first-order chi connectivity index (χ1) is 13.1. The largest absolute Gasteiger partial charge is 0.497 e. The third kappa shape index (κ3) is 3.79. The number of ether oxygens (including phenoxy) is 1. The molecule has 1 atom stereocenters. The maximum absolute atomic E-state index is 5.37. The zero-order chi connectivity index (χ0) is 18.8. The molecule has 0 N–H and O–H groups in total. The lowest BCUT2D eigenvalue weighted by atomic mass is 10.00. The van der Waals surface area contributed by atoms with Gasteiger partial charge < -0.3 is 9.30 Å². The van der Waals surface area contributed by atoms with Gasteiger partial charge in [0.1, 0.15) is 5.75 Å². The number of fused-ring (bicyclic) bond motifs is 1. The number of hydrogen-bond acceptors (Lipinski definition) is 2. The molecule has 0 radical (unpaired) electrons. The average Bonchev–Trinajstić information content (AvgIpc) is 3.03. The Hall–Kier alpha value is -2.52. The minimum atomic E-state index is 0.259. The minimum Gasteiger partial charge on any atom is -0.497 e. The summed E-state index contributed by atoms with van der Waals surface area (Å²) in [7, 11) is 1.72. The van der Waals surface area contributed by atoms with E-state index in [4.69, 9.17) is 4.74 Å². The topological polar surface area (TPSA) is 17.4 Å². The summed E-state index contributed by atoms with van der Waals surface area (Å²) in [5.41, 5.74) is 6.77. The molecule has 0 saturated carbocycles. The Kier molecular flexibility index (Phi) is 5.04. The van der Waals surface area contributed by atoms with Crippen LogP contribution in [-0.2, 0) is 13.1 Å². The predicted octanol–water partition coefficient (Wildman–Crippen LogP) is 5.11. The first-order valence-corrected chi connectivity index (χ1v) is 9.74. The van der Waals surface area contributed by atoms with Crippen LogP contribution in [0.4, 0.5) is 0 Å². The quantitative estimate of drug-likeness (QED) is 0.643. The standard InChI is InChI=1S/C24H28N2O/c1-18-14-19(2)16-20(15-18)17-26-13-5-12-25-11-4-6-23(25)24(26)21-7-9-22(27-3)10-8-21/h4,6-11,14-16,24H,5,12-13,17H2,1-3H3. The van der Waals surface area contributed by atoms with Crippen LogP contribution in [0.1, 0.15) is 40.4 Å². The molecular weight excluding hydrogens is 332 g/mol. The summed E-state index contributed by atoms with van der Waals surface area (Å²) >= 11 is 0. The van der Waals surface area contributed by atoms with Gasteiger partial charge in [-0.2, -0.15) is 0 Å². The van der Waals surface area contributed by atoms with Crippen molar-refractivity contribution in [3.63, 3.8) is 0 Å². The SMILES string of the molecule is COc1ccc(C2c3cccn3CCCN2Cc2cc(C)cc(C)c2)cc1. The first-order valence-electron chi connectivity index (χ1n) is 9.74. The molecule has 3 heteroatoms. The molecule has 2 heterocycles. The molecule has 3 nitrogen and oxygen atoms in total. The Morgan fingerprint density at radius 3 is 2.41 bits per heavy atom. The summed E-state index contributed by atoms with van der Waals surface area (Å²) in [4.78, 5) is 2.62. The lowest BCUT2D eigenvalue weighted by molar-refractivity contribution is 0.220.